The van der Waals surface area contributed by atoms with Gasteiger partial charge in [-0.1, -0.05) is 51.5 Å². The van der Waals surface area contributed by atoms with E-state index in [0.717, 1.165) is 32.2 Å². The summed E-state index contributed by atoms with van der Waals surface area (Å²) in [7, 11) is 0. The summed E-state index contributed by atoms with van der Waals surface area (Å²) in [5, 5.41) is 12.9. The van der Waals surface area contributed by atoms with Crippen molar-refractivity contribution >= 4 is 5.97 Å². The van der Waals surface area contributed by atoms with Gasteiger partial charge in [0.2, 0.25) is 0 Å². The first-order valence-electron chi connectivity index (χ1n) is 9.87. The van der Waals surface area contributed by atoms with Gasteiger partial charge in [0.1, 0.15) is 0 Å². The zero-order valence-electron chi connectivity index (χ0n) is 16.0. The normalized spacial score (nSPS) is 26.0. The van der Waals surface area contributed by atoms with Crippen molar-refractivity contribution in [1.82, 2.24) is 5.32 Å². The number of carboxylic acid groups (broad SMARTS) is 1. The lowest BCUT2D eigenvalue weighted by Crippen LogP contribution is -2.47. The summed E-state index contributed by atoms with van der Waals surface area (Å²) < 4.78 is 0. The minimum atomic E-state index is -0.618. The highest BCUT2D eigenvalue weighted by atomic mass is 16.4. The van der Waals surface area contributed by atoms with Crippen molar-refractivity contribution in [1.29, 1.82) is 0 Å². The standard InChI is InChI=1S/C22H33NO2/c1-21(2,3)17-7-9-18(10-8-17)22(13-4-14-22)15-23-19-11-5-16(6-12-19)20(24)25/h7-10,16,19,23H,4-6,11-15H2,1-3H3,(H,24,25). The molecule has 0 aliphatic heterocycles. The van der Waals surface area contributed by atoms with Crippen LogP contribution in [0, 0.1) is 5.92 Å². The van der Waals surface area contributed by atoms with Crippen LogP contribution >= 0.6 is 0 Å². The second-order valence-corrected chi connectivity index (χ2v) is 9.23. The van der Waals surface area contributed by atoms with Crippen LogP contribution < -0.4 is 5.32 Å². The van der Waals surface area contributed by atoms with Crippen molar-refractivity contribution in [3.63, 3.8) is 0 Å². The third-order valence-electron chi connectivity index (χ3n) is 6.48. The van der Waals surface area contributed by atoms with Gasteiger partial charge >= 0.3 is 5.97 Å². The molecule has 0 spiro atoms. The van der Waals surface area contributed by atoms with Gasteiger partial charge in [0.15, 0.2) is 0 Å². The van der Waals surface area contributed by atoms with Crippen LogP contribution in [0.5, 0.6) is 0 Å². The van der Waals surface area contributed by atoms with E-state index in [0.29, 0.717) is 11.5 Å². The van der Waals surface area contributed by atoms with E-state index >= 15 is 0 Å². The lowest BCUT2D eigenvalue weighted by molar-refractivity contribution is -0.142. The first-order valence-corrected chi connectivity index (χ1v) is 9.87. The number of carboxylic acids is 1. The first kappa shape index (κ1) is 18.4. The third kappa shape index (κ3) is 4.08. The molecule has 2 aliphatic carbocycles. The van der Waals surface area contributed by atoms with Gasteiger partial charge in [-0.15, -0.1) is 0 Å². The van der Waals surface area contributed by atoms with Gasteiger partial charge in [-0.3, -0.25) is 4.79 Å². The third-order valence-corrected chi connectivity index (χ3v) is 6.48. The van der Waals surface area contributed by atoms with Crippen molar-refractivity contribution in [2.75, 3.05) is 6.54 Å². The molecule has 0 amide bonds. The molecule has 0 atom stereocenters. The van der Waals surface area contributed by atoms with Crippen molar-refractivity contribution in [3.05, 3.63) is 35.4 Å². The Kier molecular flexibility index (Phi) is 5.24. The van der Waals surface area contributed by atoms with Gasteiger partial charge in [0, 0.05) is 18.0 Å². The highest BCUT2D eigenvalue weighted by Gasteiger charge is 2.39. The molecule has 3 nitrogen and oxygen atoms in total. The van der Waals surface area contributed by atoms with E-state index in [4.69, 9.17) is 5.11 Å². The second-order valence-electron chi connectivity index (χ2n) is 9.23. The van der Waals surface area contributed by atoms with Crippen LogP contribution in [0.3, 0.4) is 0 Å². The van der Waals surface area contributed by atoms with Crippen molar-refractivity contribution in [2.24, 2.45) is 5.92 Å². The number of nitrogens with one attached hydrogen (secondary N) is 1. The number of hydrogen-bond acceptors (Lipinski definition) is 2. The van der Waals surface area contributed by atoms with Crippen LogP contribution in [0.15, 0.2) is 24.3 Å². The first-order chi connectivity index (χ1) is 11.8. The average molecular weight is 344 g/mol. The molecule has 2 saturated carbocycles. The van der Waals surface area contributed by atoms with Gasteiger partial charge in [-0.2, -0.15) is 0 Å². The average Bonchev–Trinajstić information content (AvgIpc) is 2.54. The fourth-order valence-electron chi connectivity index (χ4n) is 4.38. The molecule has 138 valence electrons. The molecule has 2 N–H and O–H groups in total. The van der Waals surface area contributed by atoms with E-state index in [9.17, 15) is 4.79 Å². The van der Waals surface area contributed by atoms with Gasteiger partial charge in [-0.05, 0) is 55.1 Å². The molecule has 25 heavy (non-hydrogen) atoms. The van der Waals surface area contributed by atoms with Gasteiger partial charge in [-0.25, -0.2) is 0 Å². The van der Waals surface area contributed by atoms with Crippen LogP contribution in [-0.4, -0.2) is 23.7 Å². The molecule has 0 bridgehead atoms. The lowest BCUT2D eigenvalue weighted by atomic mass is 9.64. The Bertz CT molecular complexity index is 587. The number of carbonyl (C=O) groups is 1. The highest BCUT2D eigenvalue weighted by Crippen LogP contribution is 2.44. The Morgan fingerprint density at radius 3 is 2.16 bits per heavy atom. The van der Waals surface area contributed by atoms with Gasteiger partial charge < -0.3 is 10.4 Å². The van der Waals surface area contributed by atoms with E-state index < -0.39 is 5.97 Å². The van der Waals surface area contributed by atoms with E-state index in [1.54, 1.807) is 0 Å². The van der Waals surface area contributed by atoms with E-state index in [1.807, 2.05) is 0 Å². The molecule has 3 heteroatoms. The Labute approximate surface area is 152 Å². The quantitative estimate of drug-likeness (QED) is 0.819. The fourth-order valence-corrected chi connectivity index (χ4v) is 4.38. The minimum absolute atomic E-state index is 0.124. The molecule has 0 saturated heterocycles. The molecule has 1 aromatic rings. The molecule has 0 radical (unpaired) electrons. The van der Waals surface area contributed by atoms with E-state index in [-0.39, 0.29) is 11.3 Å². The maximum Gasteiger partial charge on any atom is 0.306 e. The molecule has 0 heterocycles. The number of hydrogen-bond donors (Lipinski definition) is 2. The summed E-state index contributed by atoms with van der Waals surface area (Å²) in [6, 6.07) is 9.76. The Morgan fingerprint density at radius 1 is 1.12 bits per heavy atom. The predicted octanol–water partition coefficient (Wildman–Crippen LogP) is 4.64. The molecule has 2 aliphatic rings. The topological polar surface area (TPSA) is 49.3 Å². The summed E-state index contributed by atoms with van der Waals surface area (Å²) in [6.07, 6.45) is 7.47. The number of rotatable bonds is 5. The van der Waals surface area contributed by atoms with Crippen molar-refractivity contribution in [3.8, 4) is 0 Å². The minimum Gasteiger partial charge on any atom is -0.481 e. The lowest BCUT2D eigenvalue weighted by Gasteiger charge is -2.44. The predicted molar refractivity (Wildman–Crippen MR) is 102 cm³/mol. The summed E-state index contributed by atoms with van der Waals surface area (Å²) in [5.74, 6) is -0.742. The molecule has 3 rings (SSSR count). The summed E-state index contributed by atoms with van der Waals surface area (Å²) in [4.78, 5) is 11.1. The number of benzene rings is 1. The van der Waals surface area contributed by atoms with E-state index in [2.05, 4.69) is 50.4 Å². The molecule has 2 fully saturated rings. The smallest absolute Gasteiger partial charge is 0.306 e. The summed E-state index contributed by atoms with van der Waals surface area (Å²) in [5.41, 5.74) is 3.36. The molecule has 0 aromatic heterocycles. The zero-order valence-corrected chi connectivity index (χ0v) is 16.0. The van der Waals surface area contributed by atoms with Crippen LogP contribution in [0.2, 0.25) is 0 Å². The summed E-state index contributed by atoms with van der Waals surface area (Å²) in [6.45, 7) is 7.81. The molecular formula is C22H33NO2. The van der Waals surface area contributed by atoms with Gasteiger partial charge in [0.05, 0.1) is 5.92 Å². The highest BCUT2D eigenvalue weighted by molar-refractivity contribution is 5.70. The van der Waals surface area contributed by atoms with Gasteiger partial charge in [0.25, 0.3) is 0 Å². The van der Waals surface area contributed by atoms with Crippen molar-refractivity contribution < 1.29 is 9.90 Å². The maximum absolute atomic E-state index is 11.1. The maximum atomic E-state index is 11.1. The fraction of sp³-hybridized carbons (Fsp3) is 0.682. The molecule has 1 aromatic carbocycles. The Balaban J connectivity index is 1.59. The van der Waals surface area contributed by atoms with Crippen LogP contribution in [0.4, 0.5) is 0 Å². The SMILES string of the molecule is CC(C)(C)c1ccc(C2(CNC3CCC(C(=O)O)CC3)CCC2)cc1. The van der Waals surface area contributed by atoms with E-state index in [1.165, 1.54) is 30.4 Å². The van der Waals surface area contributed by atoms with Crippen LogP contribution in [0.25, 0.3) is 0 Å². The second kappa shape index (κ2) is 7.11. The molecule has 0 unspecified atom stereocenters. The zero-order chi connectivity index (χ0) is 18.1. The monoisotopic (exact) mass is 343 g/mol. The largest absolute Gasteiger partial charge is 0.481 e. The Morgan fingerprint density at radius 2 is 1.72 bits per heavy atom. The van der Waals surface area contributed by atoms with Crippen LogP contribution in [-0.2, 0) is 15.6 Å². The van der Waals surface area contributed by atoms with Crippen LogP contribution in [0.1, 0.15) is 76.8 Å². The molecular weight excluding hydrogens is 310 g/mol. The number of aliphatic carboxylic acids is 1. The Hall–Kier alpha value is -1.35. The summed E-state index contributed by atoms with van der Waals surface area (Å²) >= 11 is 0. The van der Waals surface area contributed by atoms with Crippen molar-refractivity contribution in [2.45, 2.75) is 82.6 Å².